The maximum Gasteiger partial charge on any atom is 0.247 e. The Morgan fingerprint density at radius 2 is 2.03 bits per heavy atom. The number of rotatable bonds is 8. The molecule has 5 rings (SSSR count). The van der Waals surface area contributed by atoms with Gasteiger partial charge in [-0.15, -0.1) is 0 Å². The van der Waals surface area contributed by atoms with Gasteiger partial charge in [-0.25, -0.2) is 9.97 Å². The number of carbonyl (C=O) groups excluding carboxylic acids is 1. The molecule has 0 radical (unpaired) electrons. The molecular weight excluding hydrogens is 478 g/mol. The summed E-state index contributed by atoms with van der Waals surface area (Å²) < 4.78 is 7.86. The lowest BCUT2D eigenvalue weighted by Gasteiger charge is -2.29. The average Bonchev–Trinajstić information content (AvgIpc) is 3.52. The molecule has 196 valence electrons. The third-order valence-electron chi connectivity index (χ3n) is 7.13. The van der Waals surface area contributed by atoms with E-state index in [9.17, 15) is 4.79 Å². The van der Waals surface area contributed by atoms with Gasteiger partial charge in [0, 0.05) is 61.6 Å². The summed E-state index contributed by atoms with van der Waals surface area (Å²) in [5, 5.41) is 7.39. The van der Waals surface area contributed by atoms with Crippen molar-refractivity contribution in [3.8, 4) is 17.0 Å². The predicted molar refractivity (Wildman–Crippen MR) is 153 cm³/mol. The summed E-state index contributed by atoms with van der Waals surface area (Å²) >= 11 is 0. The normalized spacial score (nSPS) is 15.4. The van der Waals surface area contributed by atoms with Gasteiger partial charge in [0.05, 0.1) is 29.9 Å². The fraction of sp³-hybridized carbons (Fsp3) is 0.276. The standard InChI is InChI=1S/C29H33N7O2/c1-6-28(37)31-23-15-24(27(38-5)16-26(23)36(4)19-12-14-34(2)17-19)33-29-30-13-11-22(32-29)21-18-35(3)25-10-8-7-9-20(21)25/h6-11,13,15-16,18-19H,1,12,14,17H2,2-5H3,(H,31,37)(H,30,32,33). The Morgan fingerprint density at radius 3 is 2.76 bits per heavy atom. The molecule has 9 nitrogen and oxygen atoms in total. The molecule has 1 unspecified atom stereocenters. The Morgan fingerprint density at radius 1 is 1.21 bits per heavy atom. The number of ether oxygens (including phenoxy) is 1. The number of hydrogen-bond acceptors (Lipinski definition) is 7. The molecule has 1 saturated heterocycles. The van der Waals surface area contributed by atoms with Gasteiger partial charge in [0.1, 0.15) is 5.75 Å². The zero-order chi connectivity index (χ0) is 26.8. The molecule has 1 aliphatic heterocycles. The van der Waals surface area contributed by atoms with Gasteiger partial charge in [-0.3, -0.25) is 4.79 Å². The summed E-state index contributed by atoms with van der Waals surface area (Å²) in [6, 6.07) is 14.3. The summed E-state index contributed by atoms with van der Waals surface area (Å²) in [6.07, 6.45) is 6.11. The summed E-state index contributed by atoms with van der Waals surface area (Å²) in [5.74, 6) is 0.760. The van der Waals surface area contributed by atoms with Crippen LogP contribution >= 0.6 is 0 Å². The van der Waals surface area contributed by atoms with Crippen LogP contribution in [0.5, 0.6) is 5.75 Å². The summed E-state index contributed by atoms with van der Waals surface area (Å²) in [5.41, 5.74) is 5.13. The van der Waals surface area contributed by atoms with Crippen LogP contribution in [-0.4, -0.2) is 65.7 Å². The molecule has 9 heteroatoms. The molecule has 38 heavy (non-hydrogen) atoms. The molecule has 3 heterocycles. The van der Waals surface area contributed by atoms with Gasteiger partial charge in [0.2, 0.25) is 11.9 Å². The van der Waals surface area contributed by atoms with E-state index in [4.69, 9.17) is 9.72 Å². The number of aromatic nitrogens is 3. The van der Waals surface area contributed by atoms with Crippen molar-refractivity contribution in [2.45, 2.75) is 12.5 Å². The van der Waals surface area contributed by atoms with Crippen molar-refractivity contribution in [1.82, 2.24) is 19.4 Å². The van der Waals surface area contributed by atoms with E-state index in [-0.39, 0.29) is 5.91 Å². The molecule has 0 aliphatic carbocycles. The number of likely N-dealkylation sites (tertiary alicyclic amines) is 1. The topological polar surface area (TPSA) is 87.5 Å². The number of methoxy groups -OCH3 is 1. The van der Waals surface area contributed by atoms with Crippen molar-refractivity contribution >= 4 is 39.8 Å². The highest BCUT2D eigenvalue weighted by atomic mass is 16.5. The number of carbonyl (C=O) groups is 1. The van der Waals surface area contributed by atoms with Crippen molar-refractivity contribution in [3.63, 3.8) is 0 Å². The lowest BCUT2D eigenvalue weighted by Crippen LogP contribution is -2.34. The van der Waals surface area contributed by atoms with E-state index in [1.54, 1.807) is 13.3 Å². The molecule has 2 N–H and O–H groups in total. The lowest BCUT2D eigenvalue weighted by atomic mass is 10.1. The van der Waals surface area contributed by atoms with Gasteiger partial charge in [-0.05, 0) is 44.3 Å². The zero-order valence-electron chi connectivity index (χ0n) is 22.2. The summed E-state index contributed by atoms with van der Waals surface area (Å²) in [7, 11) is 7.82. The first-order valence-electron chi connectivity index (χ1n) is 12.6. The van der Waals surface area contributed by atoms with E-state index in [0.29, 0.717) is 29.1 Å². The van der Waals surface area contributed by atoms with Crippen LogP contribution in [0.1, 0.15) is 6.42 Å². The minimum atomic E-state index is -0.284. The Bertz CT molecular complexity index is 1500. The van der Waals surface area contributed by atoms with Crippen LogP contribution in [0.3, 0.4) is 0 Å². The second-order valence-electron chi connectivity index (χ2n) is 9.64. The Hall–Kier alpha value is -4.37. The highest BCUT2D eigenvalue weighted by Gasteiger charge is 2.26. The number of nitrogens with zero attached hydrogens (tertiary/aromatic N) is 5. The fourth-order valence-corrected chi connectivity index (χ4v) is 5.07. The minimum Gasteiger partial charge on any atom is -0.494 e. The van der Waals surface area contributed by atoms with Crippen molar-refractivity contribution in [1.29, 1.82) is 0 Å². The van der Waals surface area contributed by atoms with Gasteiger partial charge in [-0.2, -0.15) is 0 Å². The van der Waals surface area contributed by atoms with Gasteiger partial charge >= 0.3 is 0 Å². The molecule has 4 aromatic rings. The molecular formula is C29H33N7O2. The highest BCUT2D eigenvalue weighted by molar-refractivity contribution is 6.02. The monoisotopic (exact) mass is 511 g/mol. The van der Waals surface area contributed by atoms with Crippen molar-refractivity contribution in [2.24, 2.45) is 7.05 Å². The van der Waals surface area contributed by atoms with E-state index < -0.39 is 0 Å². The second kappa shape index (κ2) is 10.5. The van der Waals surface area contributed by atoms with Crippen molar-refractivity contribution < 1.29 is 9.53 Å². The quantitative estimate of drug-likeness (QED) is 0.333. The third kappa shape index (κ3) is 4.92. The number of nitrogens with one attached hydrogen (secondary N) is 2. The summed E-state index contributed by atoms with van der Waals surface area (Å²) in [4.78, 5) is 26.1. The van der Waals surface area contributed by atoms with E-state index >= 15 is 0 Å². The third-order valence-corrected chi connectivity index (χ3v) is 7.13. The molecule has 2 aromatic heterocycles. The maximum absolute atomic E-state index is 12.3. The Labute approximate surface area is 222 Å². The number of anilines is 4. The van der Waals surface area contributed by atoms with Crippen LogP contribution in [0.4, 0.5) is 23.0 Å². The summed E-state index contributed by atoms with van der Waals surface area (Å²) in [6.45, 7) is 5.59. The van der Waals surface area contributed by atoms with E-state index in [1.165, 1.54) is 6.08 Å². The molecule has 0 bridgehead atoms. The van der Waals surface area contributed by atoms with Gasteiger partial charge in [0.25, 0.3) is 0 Å². The highest BCUT2D eigenvalue weighted by Crippen LogP contribution is 2.39. The van der Waals surface area contributed by atoms with E-state index in [1.807, 2.05) is 44.4 Å². The Balaban J connectivity index is 1.51. The molecule has 2 aromatic carbocycles. The number of likely N-dealkylation sites (N-methyl/N-ethyl adjacent to an activating group) is 2. The number of benzene rings is 2. The van der Waals surface area contributed by atoms with Crippen molar-refractivity contribution in [2.75, 3.05) is 49.8 Å². The van der Waals surface area contributed by atoms with Crippen LogP contribution in [-0.2, 0) is 11.8 Å². The second-order valence-corrected chi connectivity index (χ2v) is 9.64. The molecule has 0 spiro atoms. The average molecular weight is 512 g/mol. The smallest absolute Gasteiger partial charge is 0.247 e. The SMILES string of the molecule is C=CC(=O)Nc1cc(Nc2nccc(-c3cn(C)c4ccccc34)n2)c(OC)cc1N(C)C1CCN(C)C1. The van der Waals surface area contributed by atoms with Gasteiger partial charge in [0.15, 0.2) is 0 Å². The number of amides is 1. The Kier molecular flexibility index (Phi) is 7.02. The number of para-hydroxylation sites is 1. The van der Waals surface area contributed by atoms with Crippen LogP contribution in [0.15, 0.2) is 67.5 Å². The van der Waals surface area contributed by atoms with E-state index in [0.717, 1.165) is 47.4 Å². The molecule has 1 fully saturated rings. The number of fused-ring (bicyclic) bond motifs is 1. The fourth-order valence-electron chi connectivity index (χ4n) is 5.07. The largest absolute Gasteiger partial charge is 0.494 e. The molecule has 1 amide bonds. The molecule has 1 aliphatic rings. The van der Waals surface area contributed by atoms with Crippen molar-refractivity contribution in [3.05, 3.63) is 67.5 Å². The lowest BCUT2D eigenvalue weighted by molar-refractivity contribution is -0.111. The van der Waals surface area contributed by atoms with Crippen LogP contribution < -0.4 is 20.3 Å². The van der Waals surface area contributed by atoms with Crippen LogP contribution in [0, 0.1) is 0 Å². The van der Waals surface area contributed by atoms with Crippen LogP contribution in [0.25, 0.3) is 22.2 Å². The van der Waals surface area contributed by atoms with E-state index in [2.05, 4.69) is 61.9 Å². The minimum absolute atomic E-state index is 0.284. The molecule has 0 saturated carbocycles. The maximum atomic E-state index is 12.3. The van der Waals surface area contributed by atoms with Gasteiger partial charge < -0.3 is 29.7 Å². The predicted octanol–water partition coefficient (Wildman–Crippen LogP) is 4.65. The first-order chi connectivity index (χ1) is 18.4. The van der Waals surface area contributed by atoms with Gasteiger partial charge in [-0.1, -0.05) is 24.8 Å². The zero-order valence-corrected chi connectivity index (χ0v) is 22.2. The first-order valence-corrected chi connectivity index (χ1v) is 12.6. The number of aryl methyl sites for hydroxylation is 1. The number of hydrogen-bond donors (Lipinski definition) is 2. The van der Waals surface area contributed by atoms with Crippen LogP contribution in [0.2, 0.25) is 0 Å². The first kappa shape index (κ1) is 25.3. The molecule has 1 atom stereocenters.